The molecule has 1 atom stereocenters. The summed E-state index contributed by atoms with van der Waals surface area (Å²) >= 11 is 6.33. The number of aromatic amines is 1. The highest BCUT2D eigenvalue weighted by atomic mass is 35.5. The van der Waals surface area contributed by atoms with Gasteiger partial charge in [0, 0.05) is 60.7 Å². The van der Waals surface area contributed by atoms with Crippen LogP contribution in [0.4, 0.5) is 4.39 Å². The van der Waals surface area contributed by atoms with Crippen molar-refractivity contribution in [3.05, 3.63) is 116 Å². The number of H-pyrrole nitrogens is 1. The number of rotatable bonds is 8. The fourth-order valence-corrected chi connectivity index (χ4v) is 5.55. The number of halogens is 2. The highest BCUT2D eigenvalue weighted by molar-refractivity contribution is 6.31. The Balaban J connectivity index is 1.29. The third-order valence-corrected chi connectivity index (χ3v) is 7.60. The van der Waals surface area contributed by atoms with E-state index in [0.29, 0.717) is 47.5 Å². The minimum absolute atomic E-state index is 0.0362. The van der Waals surface area contributed by atoms with Crippen LogP contribution in [0.2, 0.25) is 5.02 Å². The summed E-state index contributed by atoms with van der Waals surface area (Å²) in [7, 11) is 1.64. The maximum Gasteiger partial charge on any atom is 0.328 e. The molecule has 0 amide bonds. The molecule has 0 spiro atoms. The van der Waals surface area contributed by atoms with Crippen LogP contribution in [0.3, 0.4) is 0 Å². The predicted octanol–water partition coefficient (Wildman–Crippen LogP) is 3.54. The lowest BCUT2D eigenvalue weighted by molar-refractivity contribution is -0.0307. The van der Waals surface area contributed by atoms with Crippen LogP contribution in [0.15, 0.2) is 76.8 Å². The number of aromatic nitrogens is 5. The standard InChI is InChI=1S/C30H28ClFN6O4/c1-41-22-4-2-19(3-5-22)14-36-8-9-42-23(17-36)13-24-25(11-21(31)12-26(24)32)29-27-10-20(16-38(27)35-18-34-29)15-37-28(39)6-7-33-30(37)40/h2-7,10-12,16,18,23H,8-9,13-15,17H2,1H3,(H,33,40). The van der Waals surface area contributed by atoms with E-state index in [1.54, 1.807) is 30.0 Å². The first-order chi connectivity index (χ1) is 20.4. The lowest BCUT2D eigenvalue weighted by atomic mass is 9.97. The number of nitrogens with one attached hydrogen (secondary N) is 1. The monoisotopic (exact) mass is 590 g/mol. The minimum atomic E-state index is -0.517. The third-order valence-electron chi connectivity index (χ3n) is 7.38. The molecule has 1 N–H and O–H groups in total. The fraction of sp³-hybridized carbons (Fsp3) is 0.267. The van der Waals surface area contributed by atoms with Crippen molar-refractivity contribution in [2.75, 3.05) is 26.8 Å². The molecule has 0 saturated carbocycles. The van der Waals surface area contributed by atoms with Crippen molar-refractivity contribution in [2.45, 2.75) is 25.6 Å². The van der Waals surface area contributed by atoms with Crippen LogP contribution in [0, 0.1) is 5.82 Å². The quantitative estimate of drug-likeness (QED) is 0.295. The van der Waals surface area contributed by atoms with Gasteiger partial charge in [0.2, 0.25) is 0 Å². The number of nitrogens with zero attached hydrogens (tertiary/aromatic N) is 5. The molecule has 42 heavy (non-hydrogen) atoms. The van der Waals surface area contributed by atoms with Crippen molar-refractivity contribution < 1.29 is 13.9 Å². The van der Waals surface area contributed by atoms with E-state index in [2.05, 4.69) is 20.0 Å². The maximum atomic E-state index is 15.6. The number of ether oxygens (including phenoxy) is 2. The Labute approximate surface area is 244 Å². The first-order valence-corrected chi connectivity index (χ1v) is 13.8. The van der Waals surface area contributed by atoms with Gasteiger partial charge >= 0.3 is 5.69 Å². The number of hydrogen-bond donors (Lipinski definition) is 1. The van der Waals surface area contributed by atoms with E-state index < -0.39 is 17.1 Å². The van der Waals surface area contributed by atoms with Crippen molar-refractivity contribution in [1.29, 1.82) is 0 Å². The molecule has 2 aromatic carbocycles. The summed E-state index contributed by atoms with van der Waals surface area (Å²) in [6, 6.07) is 14.0. The van der Waals surface area contributed by atoms with Crippen LogP contribution in [-0.2, 0) is 24.2 Å². The Morgan fingerprint density at radius 3 is 2.74 bits per heavy atom. The summed E-state index contributed by atoms with van der Waals surface area (Å²) in [6.45, 7) is 2.71. The summed E-state index contributed by atoms with van der Waals surface area (Å²) in [5.41, 5.74) is 2.91. The van der Waals surface area contributed by atoms with Gasteiger partial charge in [0.05, 0.1) is 37.6 Å². The van der Waals surface area contributed by atoms with Gasteiger partial charge in [-0.3, -0.25) is 14.3 Å². The summed E-state index contributed by atoms with van der Waals surface area (Å²) in [5.74, 6) is 0.361. The molecular formula is C30H28ClFN6O4. The first-order valence-electron chi connectivity index (χ1n) is 13.4. The zero-order chi connectivity index (χ0) is 29.2. The molecule has 10 nitrogen and oxygen atoms in total. The van der Waals surface area contributed by atoms with Gasteiger partial charge in [-0.2, -0.15) is 5.10 Å². The van der Waals surface area contributed by atoms with E-state index >= 15 is 4.39 Å². The molecule has 1 fully saturated rings. The molecule has 1 saturated heterocycles. The van der Waals surface area contributed by atoms with Gasteiger partial charge in [-0.25, -0.2) is 18.7 Å². The molecule has 12 heteroatoms. The van der Waals surface area contributed by atoms with Crippen molar-refractivity contribution >= 4 is 17.1 Å². The van der Waals surface area contributed by atoms with Gasteiger partial charge in [0.25, 0.3) is 5.56 Å². The van der Waals surface area contributed by atoms with Crippen LogP contribution in [0.5, 0.6) is 5.75 Å². The van der Waals surface area contributed by atoms with Crippen molar-refractivity contribution in [3.63, 3.8) is 0 Å². The summed E-state index contributed by atoms with van der Waals surface area (Å²) < 4.78 is 29.6. The average Bonchev–Trinajstić information content (AvgIpc) is 3.40. The Morgan fingerprint density at radius 1 is 1.12 bits per heavy atom. The molecule has 1 aliphatic heterocycles. The molecule has 5 aromatic rings. The van der Waals surface area contributed by atoms with Gasteiger partial charge in [-0.05, 0) is 41.5 Å². The first kappa shape index (κ1) is 27.8. The summed E-state index contributed by atoms with van der Waals surface area (Å²) in [5, 5.41) is 4.53. The lowest BCUT2D eigenvalue weighted by Crippen LogP contribution is -2.43. The van der Waals surface area contributed by atoms with Crippen molar-refractivity contribution in [1.82, 2.24) is 29.0 Å². The average molecular weight is 591 g/mol. The number of benzene rings is 2. The normalized spacial score (nSPS) is 15.7. The smallest absolute Gasteiger partial charge is 0.328 e. The third kappa shape index (κ3) is 5.85. The van der Waals surface area contributed by atoms with E-state index in [1.807, 2.05) is 24.3 Å². The zero-order valence-electron chi connectivity index (χ0n) is 22.8. The largest absolute Gasteiger partial charge is 0.497 e. The van der Waals surface area contributed by atoms with Gasteiger partial charge in [0.1, 0.15) is 17.9 Å². The van der Waals surface area contributed by atoms with E-state index in [4.69, 9.17) is 21.1 Å². The zero-order valence-corrected chi connectivity index (χ0v) is 23.6. The van der Waals surface area contributed by atoms with Crippen LogP contribution in [-0.4, -0.2) is 62.0 Å². The van der Waals surface area contributed by atoms with Crippen molar-refractivity contribution in [3.8, 4) is 17.0 Å². The topological polar surface area (TPSA) is 107 Å². The van der Waals surface area contributed by atoms with Crippen LogP contribution < -0.4 is 16.0 Å². The molecular weight excluding hydrogens is 563 g/mol. The van der Waals surface area contributed by atoms with Crippen molar-refractivity contribution in [2.24, 2.45) is 0 Å². The maximum absolute atomic E-state index is 15.6. The molecule has 6 rings (SSSR count). The van der Waals surface area contributed by atoms with Crippen LogP contribution >= 0.6 is 11.6 Å². The summed E-state index contributed by atoms with van der Waals surface area (Å²) in [6.07, 6.45) is 4.47. The SMILES string of the molecule is COc1ccc(CN2CCOC(Cc3c(F)cc(Cl)cc3-c3ncnn4cc(Cn5c(=O)cc[nH]c5=O)cc34)C2)cc1. The second-order valence-corrected chi connectivity index (χ2v) is 10.6. The Morgan fingerprint density at radius 2 is 1.95 bits per heavy atom. The molecule has 1 unspecified atom stereocenters. The number of fused-ring (bicyclic) bond motifs is 1. The van der Waals surface area contributed by atoms with Gasteiger partial charge in [0.15, 0.2) is 0 Å². The van der Waals surface area contributed by atoms with E-state index in [0.717, 1.165) is 29.0 Å². The Kier molecular flexibility index (Phi) is 7.88. The molecule has 0 aliphatic carbocycles. The highest BCUT2D eigenvalue weighted by Gasteiger charge is 2.25. The molecule has 216 valence electrons. The van der Waals surface area contributed by atoms with E-state index in [-0.39, 0.29) is 17.7 Å². The lowest BCUT2D eigenvalue weighted by Gasteiger charge is -2.33. The Hall–Kier alpha value is -4.32. The number of methoxy groups -OCH3 is 1. The highest BCUT2D eigenvalue weighted by Crippen LogP contribution is 2.33. The van der Waals surface area contributed by atoms with Gasteiger partial charge < -0.3 is 14.5 Å². The van der Waals surface area contributed by atoms with Crippen LogP contribution in [0.25, 0.3) is 16.8 Å². The van der Waals surface area contributed by atoms with Gasteiger partial charge in [-0.1, -0.05) is 23.7 Å². The van der Waals surface area contributed by atoms with E-state index in [1.165, 1.54) is 24.7 Å². The minimum Gasteiger partial charge on any atom is -0.497 e. The predicted molar refractivity (Wildman–Crippen MR) is 156 cm³/mol. The Bertz CT molecular complexity index is 1820. The van der Waals surface area contributed by atoms with E-state index in [9.17, 15) is 9.59 Å². The molecule has 3 aromatic heterocycles. The molecule has 0 radical (unpaired) electrons. The molecule has 0 bridgehead atoms. The van der Waals surface area contributed by atoms with Gasteiger partial charge in [-0.15, -0.1) is 0 Å². The molecule has 1 aliphatic rings. The second-order valence-electron chi connectivity index (χ2n) is 10.2. The fourth-order valence-electron chi connectivity index (χ4n) is 5.35. The second kappa shape index (κ2) is 11.9. The summed E-state index contributed by atoms with van der Waals surface area (Å²) in [4.78, 5) is 33.7. The number of hydrogen-bond acceptors (Lipinski definition) is 7. The van der Waals surface area contributed by atoms with Crippen LogP contribution in [0.1, 0.15) is 16.7 Å². The number of morpholine rings is 1. The molecule has 4 heterocycles.